The normalized spacial score (nSPS) is 10.8. The third-order valence-electron chi connectivity index (χ3n) is 2.95. The Kier molecular flexibility index (Phi) is 3.15. The zero-order chi connectivity index (χ0) is 14.3. The number of halogens is 1. The number of aromatic amines is 1. The molecular weight excluding hydrogens is 344 g/mol. The van der Waals surface area contributed by atoms with E-state index >= 15 is 0 Å². The molecule has 3 rings (SSSR count). The Bertz CT molecular complexity index is 837. The van der Waals surface area contributed by atoms with Crippen LogP contribution in [0, 0.1) is 10.1 Å². The number of carbonyl (C=O) groups is 1. The highest BCUT2D eigenvalue weighted by atomic mass is 79.9. The van der Waals surface area contributed by atoms with Gasteiger partial charge in [-0.25, -0.2) is 0 Å². The summed E-state index contributed by atoms with van der Waals surface area (Å²) >= 11 is 4.76. The number of nitrogens with zero attached hydrogens (tertiary/aromatic N) is 1. The predicted molar refractivity (Wildman–Crippen MR) is 80.4 cm³/mol. The molecule has 0 aliphatic carbocycles. The van der Waals surface area contributed by atoms with E-state index in [0.29, 0.717) is 22.0 Å². The van der Waals surface area contributed by atoms with Gasteiger partial charge in [0.1, 0.15) is 0 Å². The van der Waals surface area contributed by atoms with Gasteiger partial charge in [-0.1, -0.05) is 0 Å². The monoisotopic (exact) mass is 350 g/mol. The van der Waals surface area contributed by atoms with Crippen LogP contribution < -0.4 is 0 Å². The van der Waals surface area contributed by atoms with E-state index in [9.17, 15) is 14.9 Å². The first kappa shape index (κ1) is 13.0. The summed E-state index contributed by atoms with van der Waals surface area (Å²) in [7, 11) is 0. The number of nitrogens with one attached hydrogen (secondary N) is 1. The molecule has 0 radical (unpaired) electrons. The second-order valence-corrected chi connectivity index (χ2v) is 6.45. The van der Waals surface area contributed by atoms with Crippen LogP contribution in [0.15, 0.2) is 39.6 Å². The maximum Gasteiger partial charge on any atom is 0.271 e. The quantitative estimate of drug-likeness (QED) is 0.438. The van der Waals surface area contributed by atoms with Crippen molar-refractivity contribution in [3.8, 4) is 0 Å². The lowest BCUT2D eigenvalue weighted by Gasteiger charge is -1.96. The molecule has 3 aromatic rings. The highest BCUT2D eigenvalue weighted by molar-refractivity contribution is 9.11. The predicted octanol–water partition coefficient (Wildman–Crippen LogP) is 4.13. The molecule has 0 spiro atoms. The summed E-state index contributed by atoms with van der Waals surface area (Å²) in [4.78, 5) is 25.6. The molecule has 2 heterocycles. The average molecular weight is 351 g/mol. The van der Waals surface area contributed by atoms with Gasteiger partial charge in [-0.2, -0.15) is 0 Å². The van der Waals surface area contributed by atoms with Crippen molar-refractivity contribution in [1.82, 2.24) is 4.98 Å². The van der Waals surface area contributed by atoms with E-state index in [4.69, 9.17) is 0 Å². The number of hydrogen-bond acceptors (Lipinski definition) is 4. The van der Waals surface area contributed by atoms with Gasteiger partial charge in [-0.15, -0.1) is 11.3 Å². The maximum absolute atomic E-state index is 12.4. The van der Waals surface area contributed by atoms with E-state index in [1.165, 1.54) is 23.5 Å². The van der Waals surface area contributed by atoms with Gasteiger partial charge in [0.05, 0.1) is 14.2 Å². The van der Waals surface area contributed by atoms with Gasteiger partial charge in [0, 0.05) is 40.2 Å². The van der Waals surface area contributed by atoms with Crippen molar-refractivity contribution in [1.29, 1.82) is 0 Å². The minimum atomic E-state index is -0.461. The van der Waals surface area contributed by atoms with Gasteiger partial charge in [0.2, 0.25) is 0 Å². The molecule has 0 aliphatic rings. The molecule has 100 valence electrons. The minimum absolute atomic E-state index is 0.00312. The van der Waals surface area contributed by atoms with Gasteiger partial charge >= 0.3 is 0 Å². The standard InChI is InChI=1S/C13H7BrN2O3S/c14-12-3-7(6-20-12)13(17)10-5-15-11-4-8(16(18)19)1-2-9(10)11/h1-6,15H. The SMILES string of the molecule is O=C(c1csc(Br)c1)c1c[nH]c2cc([N+](=O)[O-])ccc12. The van der Waals surface area contributed by atoms with Crippen molar-refractivity contribution in [2.75, 3.05) is 0 Å². The molecule has 5 nitrogen and oxygen atoms in total. The van der Waals surface area contributed by atoms with E-state index in [-0.39, 0.29) is 11.5 Å². The topological polar surface area (TPSA) is 76.0 Å². The minimum Gasteiger partial charge on any atom is -0.360 e. The van der Waals surface area contributed by atoms with Crippen LogP contribution in [0.1, 0.15) is 15.9 Å². The van der Waals surface area contributed by atoms with Gasteiger partial charge < -0.3 is 4.98 Å². The van der Waals surface area contributed by atoms with Crippen LogP contribution >= 0.6 is 27.3 Å². The summed E-state index contributed by atoms with van der Waals surface area (Å²) in [5.41, 5.74) is 1.69. The highest BCUT2D eigenvalue weighted by Gasteiger charge is 2.17. The Morgan fingerprint density at radius 3 is 2.80 bits per heavy atom. The first-order valence-corrected chi connectivity index (χ1v) is 7.28. The number of carbonyl (C=O) groups excluding carboxylic acids is 1. The Hall–Kier alpha value is -1.99. The van der Waals surface area contributed by atoms with Crippen LogP contribution in [0.4, 0.5) is 5.69 Å². The van der Waals surface area contributed by atoms with Crippen LogP contribution in [0.3, 0.4) is 0 Å². The summed E-state index contributed by atoms with van der Waals surface area (Å²) < 4.78 is 0.885. The Labute approximate surface area is 125 Å². The molecule has 1 N–H and O–H groups in total. The lowest BCUT2D eigenvalue weighted by Crippen LogP contribution is -1.98. The molecule has 0 fully saturated rings. The molecule has 7 heteroatoms. The number of nitro benzene ring substituents is 1. The third-order valence-corrected chi connectivity index (χ3v) is 4.45. The molecule has 0 saturated carbocycles. The largest absolute Gasteiger partial charge is 0.360 e. The fraction of sp³-hybridized carbons (Fsp3) is 0. The summed E-state index contributed by atoms with van der Waals surface area (Å²) in [5.74, 6) is -0.105. The molecule has 0 atom stereocenters. The zero-order valence-electron chi connectivity index (χ0n) is 9.92. The van der Waals surface area contributed by atoms with Crippen molar-refractivity contribution in [3.63, 3.8) is 0 Å². The first-order valence-electron chi connectivity index (χ1n) is 5.60. The number of aromatic nitrogens is 1. The number of rotatable bonds is 3. The molecule has 0 aliphatic heterocycles. The number of nitro groups is 1. The van der Waals surface area contributed by atoms with Crippen molar-refractivity contribution >= 4 is 49.6 Å². The third kappa shape index (κ3) is 2.14. The molecule has 0 saturated heterocycles. The molecule has 0 unspecified atom stereocenters. The van der Waals surface area contributed by atoms with Gasteiger partial charge in [-0.05, 0) is 28.1 Å². The Morgan fingerprint density at radius 1 is 1.35 bits per heavy atom. The molecular formula is C13H7BrN2O3S. The number of non-ortho nitro benzene ring substituents is 1. The number of hydrogen-bond donors (Lipinski definition) is 1. The zero-order valence-corrected chi connectivity index (χ0v) is 12.3. The van der Waals surface area contributed by atoms with Crippen LogP contribution in [-0.4, -0.2) is 15.7 Å². The van der Waals surface area contributed by atoms with Crippen molar-refractivity contribution in [2.45, 2.75) is 0 Å². The average Bonchev–Trinajstić information content (AvgIpc) is 3.03. The molecule has 20 heavy (non-hydrogen) atoms. The number of ketones is 1. The Balaban J connectivity index is 2.09. The number of benzene rings is 1. The van der Waals surface area contributed by atoms with Gasteiger partial charge in [0.15, 0.2) is 5.78 Å². The van der Waals surface area contributed by atoms with Crippen molar-refractivity contribution < 1.29 is 9.72 Å². The van der Waals surface area contributed by atoms with E-state index in [1.807, 2.05) is 0 Å². The maximum atomic E-state index is 12.4. The fourth-order valence-corrected chi connectivity index (χ4v) is 3.14. The van der Waals surface area contributed by atoms with Crippen molar-refractivity contribution in [2.24, 2.45) is 0 Å². The lowest BCUT2D eigenvalue weighted by molar-refractivity contribution is -0.384. The lowest BCUT2D eigenvalue weighted by atomic mass is 10.1. The second-order valence-electron chi connectivity index (χ2n) is 4.16. The summed E-state index contributed by atoms with van der Waals surface area (Å²) in [5, 5.41) is 13.2. The molecule has 2 aromatic heterocycles. The number of H-pyrrole nitrogens is 1. The van der Waals surface area contributed by atoms with Crippen molar-refractivity contribution in [3.05, 3.63) is 60.9 Å². The summed E-state index contributed by atoms with van der Waals surface area (Å²) in [6.07, 6.45) is 1.59. The summed E-state index contributed by atoms with van der Waals surface area (Å²) in [6, 6.07) is 6.18. The molecule has 0 bridgehead atoms. The smallest absolute Gasteiger partial charge is 0.271 e. The van der Waals surface area contributed by atoms with Crippen LogP contribution in [0.2, 0.25) is 0 Å². The molecule has 0 amide bonds. The second kappa shape index (κ2) is 4.84. The summed E-state index contributed by atoms with van der Waals surface area (Å²) in [6.45, 7) is 0. The number of fused-ring (bicyclic) bond motifs is 1. The fourth-order valence-electron chi connectivity index (χ4n) is 2.00. The van der Waals surface area contributed by atoms with E-state index < -0.39 is 4.92 Å². The first-order chi connectivity index (χ1) is 9.56. The van der Waals surface area contributed by atoms with E-state index in [2.05, 4.69) is 20.9 Å². The molecule has 1 aromatic carbocycles. The van der Waals surface area contributed by atoms with Gasteiger partial charge in [-0.3, -0.25) is 14.9 Å². The highest BCUT2D eigenvalue weighted by Crippen LogP contribution is 2.27. The Morgan fingerprint density at radius 2 is 2.15 bits per heavy atom. The van der Waals surface area contributed by atoms with Crippen LogP contribution in [0.5, 0.6) is 0 Å². The van der Waals surface area contributed by atoms with E-state index in [0.717, 1.165) is 3.79 Å². The van der Waals surface area contributed by atoms with Crippen LogP contribution in [-0.2, 0) is 0 Å². The number of thiophene rings is 1. The van der Waals surface area contributed by atoms with E-state index in [1.54, 1.807) is 23.7 Å². The van der Waals surface area contributed by atoms with Gasteiger partial charge in [0.25, 0.3) is 5.69 Å². The van der Waals surface area contributed by atoms with Crippen LogP contribution in [0.25, 0.3) is 10.9 Å².